The molecule has 0 N–H and O–H groups in total. The second-order valence-electron chi connectivity index (χ2n) is 6.64. The van der Waals surface area contributed by atoms with Gasteiger partial charge in [0.25, 0.3) is 5.56 Å². The molecule has 0 unspecified atom stereocenters. The maximum atomic E-state index is 13.3. The van der Waals surface area contributed by atoms with Crippen molar-refractivity contribution in [1.29, 1.82) is 0 Å². The van der Waals surface area contributed by atoms with Crippen molar-refractivity contribution in [3.63, 3.8) is 0 Å². The molecule has 0 fully saturated rings. The first-order valence-corrected chi connectivity index (χ1v) is 10.5. The van der Waals surface area contributed by atoms with E-state index in [9.17, 15) is 4.79 Å². The number of hydrogen-bond acceptors (Lipinski definition) is 5. The van der Waals surface area contributed by atoms with Crippen molar-refractivity contribution >= 4 is 33.0 Å². The predicted molar refractivity (Wildman–Crippen MR) is 126 cm³/mol. The summed E-state index contributed by atoms with van der Waals surface area (Å²) in [5.41, 5.74) is 1.84. The fourth-order valence-corrected chi connectivity index (χ4v) is 3.71. The lowest BCUT2D eigenvalue weighted by Gasteiger charge is -2.13. The van der Waals surface area contributed by atoms with Gasteiger partial charge in [-0.15, -0.1) is 0 Å². The molecule has 3 aromatic carbocycles. The number of aromatic nitrogens is 2. The fraction of sp³-hybridized carbons (Fsp3) is 0.125. The minimum Gasteiger partial charge on any atom is -0.493 e. The molecule has 0 atom stereocenters. The average molecular weight is 478 g/mol. The van der Waals surface area contributed by atoms with Gasteiger partial charge in [0.15, 0.2) is 17.3 Å². The number of nitrogens with zero attached hydrogens (tertiary/aromatic N) is 3. The van der Waals surface area contributed by atoms with Crippen molar-refractivity contribution in [2.75, 3.05) is 13.7 Å². The molecule has 0 radical (unpaired) electrons. The van der Waals surface area contributed by atoms with Crippen LogP contribution in [-0.4, -0.2) is 29.6 Å². The first kappa shape index (κ1) is 20.8. The predicted octanol–water partition coefficient (Wildman–Crippen LogP) is 5.12. The molecule has 0 aliphatic carbocycles. The number of methoxy groups -OCH3 is 1. The van der Waals surface area contributed by atoms with E-state index in [1.807, 2.05) is 67.6 Å². The highest BCUT2D eigenvalue weighted by Gasteiger charge is 2.14. The summed E-state index contributed by atoms with van der Waals surface area (Å²) >= 11 is 3.49. The van der Waals surface area contributed by atoms with Gasteiger partial charge in [-0.05, 0) is 31.2 Å². The molecule has 0 spiro atoms. The van der Waals surface area contributed by atoms with Crippen LogP contribution in [0.5, 0.6) is 11.5 Å². The summed E-state index contributed by atoms with van der Waals surface area (Å²) in [5.74, 6) is 1.59. The maximum absolute atomic E-state index is 13.3. The van der Waals surface area contributed by atoms with Gasteiger partial charge in [0.1, 0.15) is 0 Å². The van der Waals surface area contributed by atoms with Crippen LogP contribution < -0.4 is 15.0 Å². The Balaban J connectivity index is 1.93. The van der Waals surface area contributed by atoms with Gasteiger partial charge in [0, 0.05) is 15.6 Å². The highest BCUT2D eigenvalue weighted by atomic mass is 79.9. The van der Waals surface area contributed by atoms with Crippen LogP contribution in [0.15, 0.2) is 81.1 Å². The lowest BCUT2D eigenvalue weighted by atomic mass is 10.2. The lowest BCUT2D eigenvalue weighted by Crippen LogP contribution is -2.20. The molecule has 31 heavy (non-hydrogen) atoms. The number of rotatable bonds is 6. The van der Waals surface area contributed by atoms with Gasteiger partial charge in [-0.1, -0.05) is 58.4 Å². The Labute approximate surface area is 187 Å². The Morgan fingerprint density at radius 3 is 2.58 bits per heavy atom. The summed E-state index contributed by atoms with van der Waals surface area (Å²) in [6.45, 7) is 2.36. The molecular formula is C24H20BrN3O3. The Morgan fingerprint density at radius 1 is 1.10 bits per heavy atom. The highest BCUT2D eigenvalue weighted by molar-refractivity contribution is 9.10. The van der Waals surface area contributed by atoms with Gasteiger partial charge >= 0.3 is 0 Å². The van der Waals surface area contributed by atoms with E-state index in [4.69, 9.17) is 14.5 Å². The Bertz CT molecular complexity index is 1320. The minimum atomic E-state index is -0.249. The van der Waals surface area contributed by atoms with Gasteiger partial charge in [-0.25, -0.2) is 4.98 Å². The van der Waals surface area contributed by atoms with Crippen molar-refractivity contribution in [1.82, 2.24) is 9.66 Å². The Hall–Kier alpha value is -3.45. The summed E-state index contributed by atoms with van der Waals surface area (Å²) in [7, 11) is 1.58. The quantitative estimate of drug-likeness (QED) is 0.361. The van der Waals surface area contributed by atoms with E-state index in [0.717, 1.165) is 10.0 Å². The molecule has 4 aromatic rings. The lowest BCUT2D eigenvalue weighted by molar-refractivity contribution is 0.310. The third-order valence-corrected chi connectivity index (χ3v) is 5.11. The number of fused-ring (bicyclic) bond motifs is 1. The average Bonchev–Trinajstić information content (AvgIpc) is 2.80. The van der Waals surface area contributed by atoms with Crippen molar-refractivity contribution < 1.29 is 9.47 Å². The van der Waals surface area contributed by atoms with E-state index in [1.54, 1.807) is 19.4 Å². The van der Waals surface area contributed by atoms with Gasteiger partial charge in [0.05, 0.1) is 30.8 Å². The van der Waals surface area contributed by atoms with Crippen molar-refractivity contribution in [3.8, 4) is 22.9 Å². The number of hydrogen-bond donors (Lipinski definition) is 0. The van der Waals surface area contributed by atoms with E-state index in [-0.39, 0.29) is 5.56 Å². The van der Waals surface area contributed by atoms with Crippen LogP contribution in [0.4, 0.5) is 0 Å². The standard InChI is InChI=1S/C24H20BrN3O3/c1-3-31-22-17(13-18(25)14-21(22)30-2)15-26-28-23(16-9-5-4-6-10-16)27-20-12-8-7-11-19(20)24(28)29/h4-15H,3H2,1-2H3. The van der Waals surface area contributed by atoms with Crippen LogP contribution >= 0.6 is 15.9 Å². The molecule has 0 aliphatic rings. The molecule has 0 saturated carbocycles. The minimum absolute atomic E-state index is 0.249. The second kappa shape index (κ2) is 9.14. The van der Waals surface area contributed by atoms with Crippen LogP contribution in [0.3, 0.4) is 0 Å². The Kier molecular flexibility index (Phi) is 6.13. The molecule has 0 amide bonds. The number of halogens is 1. The fourth-order valence-electron chi connectivity index (χ4n) is 3.26. The van der Waals surface area contributed by atoms with E-state index < -0.39 is 0 Å². The number of para-hydroxylation sites is 1. The zero-order valence-corrected chi connectivity index (χ0v) is 18.7. The first-order chi connectivity index (χ1) is 15.1. The number of ether oxygens (including phenoxy) is 2. The maximum Gasteiger partial charge on any atom is 0.282 e. The summed E-state index contributed by atoms with van der Waals surface area (Å²) in [6.07, 6.45) is 1.59. The van der Waals surface area contributed by atoms with Gasteiger partial charge in [-0.3, -0.25) is 4.79 Å². The third-order valence-electron chi connectivity index (χ3n) is 4.66. The molecule has 7 heteroatoms. The molecule has 4 rings (SSSR count). The van der Waals surface area contributed by atoms with E-state index >= 15 is 0 Å². The molecular weight excluding hydrogens is 458 g/mol. The largest absolute Gasteiger partial charge is 0.493 e. The third kappa shape index (κ3) is 4.22. The summed E-state index contributed by atoms with van der Waals surface area (Å²) in [4.78, 5) is 18.0. The number of benzene rings is 3. The molecule has 1 aromatic heterocycles. The van der Waals surface area contributed by atoms with Crippen LogP contribution in [0.2, 0.25) is 0 Å². The molecule has 0 saturated heterocycles. The molecule has 156 valence electrons. The zero-order chi connectivity index (χ0) is 21.8. The van der Waals surface area contributed by atoms with Gasteiger partial charge in [-0.2, -0.15) is 9.78 Å². The zero-order valence-electron chi connectivity index (χ0n) is 17.1. The highest BCUT2D eigenvalue weighted by Crippen LogP contribution is 2.34. The van der Waals surface area contributed by atoms with E-state index in [1.165, 1.54) is 4.68 Å². The SMILES string of the molecule is CCOc1c(C=Nn2c(-c3ccccc3)nc3ccccc3c2=O)cc(Br)cc1OC. The normalized spacial score (nSPS) is 11.2. The van der Waals surface area contributed by atoms with Crippen LogP contribution in [0, 0.1) is 0 Å². The second-order valence-corrected chi connectivity index (χ2v) is 7.56. The van der Waals surface area contributed by atoms with E-state index in [0.29, 0.717) is 40.4 Å². The van der Waals surface area contributed by atoms with Crippen LogP contribution in [-0.2, 0) is 0 Å². The molecule has 0 aliphatic heterocycles. The summed E-state index contributed by atoms with van der Waals surface area (Å²) < 4.78 is 13.4. The topological polar surface area (TPSA) is 65.7 Å². The summed E-state index contributed by atoms with van der Waals surface area (Å²) in [6, 6.07) is 20.4. The van der Waals surface area contributed by atoms with Crippen molar-refractivity contribution in [2.24, 2.45) is 5.10 Å². The smallest absolute Gasteiger partial charge is 0.282 e. The molecule has 6 nitrogen and oxygen atoms in total. The van der Waals surface area contributed by atoms with Gasteiger partial charge in [0.2, 0.25) is 0 Å². The van der Waals surface area contributed by atoms with Crippen LogP contribution in [0.25, 0.3) is 22.3 Å². The van der Waals surface area contributed by atoms with Crippen LogP contribution in [0.1, 0.15) is 12.5 Å². The summed E-state index contributed by atoms with van der Waals surface area (Å²) in [5, 5.41) is 5.02. The first-order valence-electron chi connectivity index (χ1n) is 9.74. The van der Waals surface area contributed by atoms with Crippen molar-refractivity contribution in [3.05, 3.63) is 87.1 Å². The Morgan fingerprint density at radius 2 is 1.84 bits per heavy atom. The monoisotopic (exact) mass is 477 g/mol. The van der Waals surface area contributed by atoms with Gasteiger partial charge < -0.3 is 9.47 Å². The molecule has 1 heterocycles. The molecule has 0 bridgehead atoms. The van der Waals surface area contributed by atoms with Crippen molar-refractivity contribution in [2.45, 2.75) is 6.92 Å². The van der Waals surface area contributed by atoms with E-state index in [2.05, 4.69) is 21.0 Å².